The van der Waals surface area contributed by atoms with E-state index in [2.05, 4.69) is 5.10 Å². The second-order valence-electron chi connectivity index (χ2n) is 6.61. The Morgan fingerprint density at radius 2 is 1.96 bits per heavy atom. The molecule has 0 radical (unpaired) electrons. The summed E-state index contributed by atoms with van der Waals surface area (Å²) in [6.07, 6.45) is -0.785. The van der Waals surface area contributed by atoms with Gasteiger partial charge in [0.15, 0.2) is 6.10 Å². The van der Waals surface area contributed by atoms with Gasteiger partial charge in [-0.15, -0.1) is 0 Å². The van der Waals surface area contributed by atoms with E-state index in [0.717, 1.165) is 11.1 Å². The highest BCUT2D eigenvalue weighted by atomic mass is 35.5. The second-order valence-corrected chi connectivity index (χ2v) is 6.97. The average molecular weight is 403 g/mol. The number of esters is 1. The van der Waals surface area contributed by atoms with Gasteiger partial charge < -0.3 is 9.64 Å². The Morgan fingerprint density at radius 1 is 1.32 bits per heavy atom. The van der Waals surface area contributed by atoms with Crippen molar-refractivity contribution in [3.8, 4) is 6.07 Å². The summed E-state index contributed by atoms with van der Waals surface area (Å²) in [5.41, 5.74) is 2.72. The van der Waals surface area contributed by atoms with Crippen LogP contribution in [-0.4, -0.2) is 46.3 Å². The first-order valence-electron chi connectivity index (χ1n) is 8.86. The van der Waals surface area contributed by atoms with Gasteiger partial charge in [0.05, 0.1) is 24.7 Å². The zero-order valence-corrected chi connectivity index (χ0v) is 17.2. The number of nitrogens with zero attached hydrogens (tertiary/aromatic N) is 4. The van der Waals surface area contributed by atoms with Gasteiger partial charge >= 0.3 is 5.97 Å². The monoisotopic (exact) mass is 402 g/mol. The summed E-state index contributed by atoms with van der Waals surface area (Å²) >= 11 is 6.37. The first kappa shape index (κ1) is 21.5. The molecule has 0 aliphatic carbocycles. The Kier molecular flexibility index (Phi) is 7.18. The van der Waals surface area contributed by atoms with E-state index in [0.29, 0.717) is 12.2 Å². The normalized spacial score (nSPS) is 11.6. The van der Waals surface area contributed by atoms with Crippen LogP contribution in [0.4, 0.5) is 0 Å². The maximum Gasteiger partial charge on any atom is 0.343 e. The fourth-order valence-corrected chi connectivity index (χ4v) is 2.98. The molecule has 7 nitrogen and oxygen atoms in total. The molecule has 1 atom stereocenters. The Hall–Kier alpha value is -2.85. The lowest BCUT2D eigenvalue weighted by Crippen LogP contribution is -2.38. The lowest BCUT2D eigenvalue weighted by Gasteiger charge is -2.20. The molecule has 2 aromatic rings. The van der Waals surface area contributed by atoms with E-state index >= 15 is 0 Å². The number of amides is 1. The van der Waals surface area contributed by atoms with E-state index in [1.807, 2.05) is 37.3 Å². The minimum absolute atomic E-state index is 0.146. The van der Waals surface area contributed by atoms with Gasteiger partial charge in [-0.3, -0.25) is 4.79 Å². The van der Waals surface area contributed by atoms with Crippen molar-refractivity contribution in [2.75, 3.05) is 13.6 Å². The summed E-state index contributed by atoms with van der Waals surface area (Å²) < 4.78 is 6.82. The molecule has 1 aromatic carbocycles. The minimum Gasteiger partial charge on any atom is -0.449 e. The molecule has 0 bridgehead atoms. The number of hydrogen-bond donors (Lipinski definition) is 0. The topological polar surface area (TPSA) is 88.2 Å². The van der Waals surface area contributed by atoms with Crippen LogP contribution in [0.1, 0.15) is 40.5 Å². The van der Waals surface area contributed by atoms with Crippen LogP contribution >= 0.6 is 11.6 Å². The molecule has 0 saturated heterocycles. The maximum atomic E-state index is 12.6. The van der Waals surface area contributed by atoms with Gasteiger partial charge in [0.1, 0.15) is 10.7 Å². The van der Waals surface area contributed by atoms with Crippen molar-refractivity contribution in [2.24, 2.45) is 0 Å². The summed E-state index contributed by atoms with van der Waals surface area (Å²) in [7, 11) is 1.56. The third-order valence-corrected chi connectivity index (χ3v) is 4.67. The second kappa shape index (κ2) is 9.38. The number of halogens is 1. The predicted molar refractivity (Wildman–Crippen MR) is 105 cm³/mol. The number of aromatic nitrogens is 2. The number of hydrogen-bond acceptors (Lipinski definition) is 5. The highest BCUT2D eigenvalue weighted by Gasteiger charge is 2.27. The fraction of sp³-hybridized carbons (Fsp3) is 0.400. The fourth-order valence-electron chi connectivity index (χ4n) is 2.66. The molecule has 0 fully saturated rings. The number of aryl methyl sites for hydroxylation is 2. The molecule has 0 aliphatic rings. The summed E-state index contributed by atoms with van der Waals surface area (Å²) in [6, 6.07) is 9.89. The molecule has 28 heavy (non-hydrogen) atoms. The number of carbonyl (C=O) groups excluding carboxylic acids is 2. The van der Waals surface area contributed by atoms with E-state index in [9.17, 15) is 9.59 Å². The molecular weight excluding hydrogens is 380 g/mol. The summed E-state index contributed by atoms with van der Waals surface area (Å²) in [4.78, 5) is 26.2. The van der Waals surface area contributed by atoms with Crippen LogP contribution in [0.2, 0.25) is 5.15 Å². The third-order valence-electron chi connectivity index (χ3n) is 4.29. The molecule has 1 amide bonds. The van der Waals surface area contributed by atoms with Gasteiger partial charge in [-0.25, -0.2) is 9.48 Å². The molecule has 2 rings (SSSR count). The Balaban J connectivity index is 2.11. The summed E-state index contributed by atoms with van der Waals surface area (Å²) in [5.74, 6) is -1.09. The van der Waals surface area contributed by atoms with E-state index in [4.69, 9.17) is 21.6 Å². The zero-order valence-electron chi connectivity index (χ0n) is 16.4. The lowest BCUT2D eigenvalue weighted by atomic mass is 10.1. The number of rotatable bonds is 7. The third kappa shape index (κ3) is 5.11. The molecular formula is C20H23ClN4O3. The van der Waals surface area contributed by atoms with E-state index < -0.39 is 12.1 Å². The number of carbonyl (C=O) groups is 2. The van der Waals surface area contributed by atoms with E-state index in [1.54, 1.807) is 14.0 Å². The van der Waals surface area contributed by atoms with Crippen LogP contribution in [0.3, 0.4) is 0 Å². The SMILES string of the molecule is Cc1ccc(Cn2nc(C)c(C(=O)O[C@H](C)C(=O)N(C)CCC#N)c2Cl)cc1. The number of likely N-dealkylation sites (N-methyl/N-ethyl adjacent to an activating group) is 1. The van der Waals surface area contributed by atoms with Crippen molar-refractivity contribution in [1.82, 2.24) is 14.7 Å². The van der Waals surface area contributed by atoms with Crippen LogP contribution in [-0.2, 0) is 16.1 Å². The zero-order chi connectivity index (χ0) is 20.8. The van der Waals surface area contributed by atoms with Gasteiger partial charge in [0.2, 0.25) is 0 Å². The van der Waals surface area contributed by atoms with Crippen molar-refractivity contribution >= 4 is 23.5 Å². The number of benzene rings is 1. The highest BCUT2D eigenvalue weighted by molar-refractivity contribution is 6.32. The number of ether oxygens (including phenoxy) is 1. The molecule has 1 heterocycles. The van der Waals surface area contributed by atoms with Crippen molar-refractivity contribution in [3.05, 3.63) is 51.8 Å². The quantitative estimate of drug-likeness (QED) is 0.664. The molecule has 148 valence electrons. The smallest absolute Gasteiger partial charge is 0.343 e. The van der Waals surface area contributed by atoms with Crippen LogP contribution < -0.4 is 0 Å². The standard InChI is InChI=1S/C20H23ClN4O3/c1-13-6-8-16(9-7-13)12-25-18(21)17(14(2)23-25)20(27)28-15(3)19(26)24(4)11-5-10-22/h6-9,15H,5,11-12H2,1-4H3/t15-/m1/s1. The summed E-state index contributed by atoms with van der Waals surface area (Å²) in [5, 5.41) is 13.1. The molecule has 0 N–H and O–H groups in total. The Labute approximate surface area is 169 Å². The Morgan fingerprint density at radius 3 is 2.57 bits per heavy atom. The summed E-state index contributed by atoms with van der Waals surface area (Å²) in [6.45, 7) is 5.84. The van der Waals surface area contributed by atoms with Crippen LogP contribution in [0.5, 0.6) is 0 Å². The largest absolute Gasteiger partial charge is 0.449 e. The molecule has 0 aliphatic heterocycles. The number of nitriles is 1. The van der Waals surface area contributed by atoms with Crippen molar-refractivity contribution in [1.29, 1.82) is 5.26 Å². The van der Waals surface area contributed by atoms with Gasteiger partial charge in [0.25, 0.3) is 5.91 Å². The van der Waals surface area contributed by atoms with Gasteiger partial charge in [-0.05, 0) is 26.3 Å². The lowest BCUT2D eigenvalue weighted by molar-refractivity contribution is -0.138. The van der Waals surface area contributed by atoms with Gasteiger partial charge in [-0.1, -0.05) is 41.4 Å². The maximum absolute atomic E-state index is 12.6. The van der Waals surface area contributed by atoms with Crippen LogP contribution in [0.25, 0.3) is 0 Å². The molecule has 8 heteroatoms. The van der Waals surface area contributed by atoms with Crippen molar-refractivity contribution in [2.45, 2.75) is 39.8 Å². The van der Waals surface area contributed by atoms with Crippen LogP contribution in [0, 0.1) is 25.2 Å². The van der Waals surface area contributed by atoms with Crippen molar-refractivity contribution < 1.29 is 14.3 Å². The Bertz CT molecular complexity index is 899. The molecule has 1 aromatic heterocycles. The first-order valence-corrected chi connectivity index (χ1v) is 9.23. The van der Waals surface area contributed by atoms with E-state index in [-0.39, 0.29) is 29.6 Å². The predicted octanol–water partition coefficient (Wildman–Crippen LogP) is 3.12. The molecule has 0 saturated carbocycles. The molecule has 0 spiro atoms. The van der Waals surface area contributed by atoms with Crippen molar-refractivity contribution in [3.63, 3.8) is 0 Å². The average Bonchev–Trinajstić information content (AvgIpc) is 2.94. The molecule has 0 unspecified atom stereocenters. The van der Waals surface area contributed by atoms with Gasteiger partial charge in [-0.2, -0.15) is 10.4 Å². The minimum atomic E-state index is -0.993. The van der Waals surface area contributed by atoms with E-state index in [1.165, 1.54) is 16.5 Å². The van der Waals surface area contributed by atoms with Crippen LogP contribution in [0.15, 0.2) is 24.3 Å². The van der Waals surface area contributed by atoms with Gasteiger partial charge in [0, 0.05) is 13.6 Å². The first-order chi connectivity index (χ1) is 13.2. The highest BCUT2D eigenvalue weighted by Crippen LogP contribution is 2.22.